The maximum absolute atomic E-state index is 15.1. The number of hydrogen-bond donors (Lipinski definition) is 0. The van der Waals surface area contributed by atoms with E-state index in [2.05, 4.69) is 72.8 Å². The van der Waals surface area contributed by atoms with Crippen molar-refractivity contribution in [3.63, 3.8) is 0 Å². The number of rotatable bonds is 1. The van der Waals surface area contributed by atoms with Gasteiger partial charge in [-0.1, -0.05) is 91.0 Å². The molecule has 1 unspecified atom stereocenters. The Bertz CT molecular complexity index is 1710. The summed E-state index contributed by atoms with van der Waals surface area (Å²) in [4.78, 5) is 0. The van der Waals surface area contributed by atoms with Crippen LogP contribution in [0.5, 0.6) is 0 Å². The van der Waals surface area contributed by atoms with Gasteiger partial charge < -0.3 is 4.57 Å². The van der Waals surface area contributed by atoms with Crippen LogP contribution < -0.4 is 15.9 Å². The van der Waals surface area contributed by atoms with Gasteiger partial charge in [0, 0.05) is 41.6 Å². The fourth-order valence-corrected chi connectivity index (χ4v) is 9.73. The minimum atomic E-state index is -2.99. The third-order valence-corrected chi connectivity index (χ3v) is 10.9. The van der Waals surface area contributed by atoms with E-state index in [1.807, 2.05) is 41.7 Å². The molecule has 7 rings (SSSR count). The van der Waals surface area contributed by atoms with Crippen LogP contribution in [-0.2, 0) is 4.57 Å². The van der Waals surface area contributed by atoms with Gasteiger partial charge in [0.25, 0.3) is 0 Å². The molecule has 1 aliphatic rings. The van der Waals surface area contributed by atoms with Crippen molar-refractivity contribution in [2.24, 2.45) is 0 Å². The first-order valence-corrected chi connectivity index (χ1v) is 12.9. The van der Waals surface area contributed by atoms with Crippen LogP contribution in [0, 0.1) is 0 Å². The van der Waals surface area contributed by atoms with E-state index >= 15 is 4.57 Å². The third kappa shape index (κ3) is 2.19. The lowest BCUT2D eigenvalue weighted by atomic mass is 9.99. The molecule has 0 spiro atoms. The average Bonchev–Trinajstić information content (AvgIpc) is 3.34. The lowest BCUT2D eigenvalue weighted by Crippen LogP contribution is -2.21. The van der Waals surface area contributed by atoms with Crippen LogP contribution in [0.1, 0.15) is 0 Å². The highest BCUT2D eigenvalue weighted by Gasteiger charge is 2.42. The van der Waals surface area contributed by atoms with Crippen molar-refractivity contribution in [3.8, 4) is 11.1 Å². The van der Waals surface area contributed by atoms with Gasteiger partial charge in [-0.2, -0.15) is 0 Å². The first-order chi connectivity index (χ1) is 15.3. The molecular formula is C28H17OPS. The highest BCUT2D eigenvalue weighted by atomic mass is 32.1. The van der Waals surface area contributed by atoms with E-state index in [0.717, 1.165) is 37.8 Å². The maximum atomic E-state index is 15.1. The molecule has 6 aromatic rings. The van der Waals surface area contributed by atoms with Gasteiger partial charge >= 0.3 is 0 Å². The van der Waals surface area contributed by atoms with Crippen molar-refractivity contribution >= 4 is 65.3 Å². The van der Waals surface area contributed by atoms with Crippen molar-refractivity contribution in [1.29, 1.82) is 0 Å². The second-order valence-corrected chi connectivity index (χ2v) is 11.8. The minimum absolute atomic E-state index is 0.909. The second kappa shape index (κ2) is 6.17. The first-order valence-electron chi connectivity index (χ1n) is 10.4. The molecule has 0 saturated heterocycles. The van der Waals surface area contributed by atoms with E-state index < -0.39 is 7.14 Å². The Balaban J connectivity index is 1.72. The van der Waals surface area contributed by atoms with Crippen LogP contribution >= 0.6 is 18.5 Å². The lowest BCUT2D eigenvalue weighted by Gasteiger charge is -2.17. The van der Waals surface area contributed by atoms with Crippen LogP contribution in [0.15, 0.2) is 103 Å². The van der Waals surface area contributed by atoms with E-state index in [9.17, 15) is 0 Å². The zero-order valence-corrected chi connectivity index (χ0v) is 18.3. The summed E-state index contributed by atoms with van der Waals surface area (Å²) in [5, 5.41) is 7.64. The fourth-order valence-electron chi connectivity index (χ4n) is 5.12. The summed E-state index contributed by atoms with van der Waals surface area (Å²) in [6.07, 6.45) is 0. The van der Waals surface area contributed by atoms with Gasteiger partial charge in [0.1, 0.15) is 0 Å². The molecule has 0 aliphatic carbocycles. The summed E-state index contributed by atoms with van der Waals surface area (Å²) in [7, 11) is -2.99. The van der Waals surface area contributed by atoms with Gasteiger partial charge in [0.05, 0.1) is 0 Å². The summed E-state index contributed by atoms with van der Waals surface area (Å²) < 4.78 is 17.6. The molecule has 0 amide bonds. The zero-order chi connectivity index (χ0) is 20.6. The highest BCUT2D eigenvalue weighted by molar-refractivity contribution is 7.87. The van der Waals surface area contributed by atoms with E-state index in [1.54, 1.807) is 0 Å². The largest absolute Gasteiger partial charge is 0.309 e. The van der Waals surface area contributed by atoms with E-state index in [1.165, 1.54) is 20.2 Å². The molecule has 2 heterocycles. The molecule has 5 aromatic carbocycles. The van der Waals surface area contributed by atoms with E-state index in [4.69, 9.17) is 0 Å². The predicted octanol–water partition coefficient (Wildman–Crippen LogP) is 6.83. The number of thiophene rings is 1. The zero-order valence-electron chi connectivity index (χ0n) is 16.6. The van der Waals surface area contributed by atoms with Gasteiger partial charge in [0.15, 0.2) is 7.14 Å². The summed E-state index contributed by atoms with van der Waals surface area (Å²) in [6, 6.07) is 35.6. The molecule has 0 saturated carbocycles. The Hall–Kier alpha value is -3.19. The average molecular weight is 432 g/mol. The molecule has 1 nitrogen and oxygen atoms in total. The van der Waals surface area contributed by atoms with Crippen molar-refractivity contribution in [3.05, 3.63) is 103 Å². The number of benzene rings is 5. The maximum Gasteiger partial charge on any atom is 0.172 e. The normalized spacial score (nSPS) is 17.3. The number of hydrogen-bond acceptors (Lipinski definition) is 2. The summed E-state index contributed by atoms with van der Waals surface area (Å²) >= 11 is 1.81. The fraction of sp³-hybridized carbons (Fsp3) is 0. The van der Waals surface area contributed by atoms with Gasteiger partial charge in [-0.3, -0.25) is 0 Å². The quantitative estimate of drug-likeness (QED) is 0.260. The van der Waals surface area contributed by atoms with Gasteiger partial charge in [-0.25, -0.2) is 0 Å². The standard InChI is InChI=1S/C28H17OPS/c29-30(19-9-2-1-3-10-19)24-17-16-22-21-12-6-7-13-25(21)31-28(22)26(24)23-15-14-18-8-4-5-11-20(18)27(23)30/h1-17H. The van der Waals surface area contributed by atoms with E-state index in [0.29, 0.717) is 0 Å². The first kappa shape index (κ1) is 17.5. The minimum Gasteiger partial charge on any atom is -0.309 e. The molecule has 1 aromatic heterocycles. The summed E-state index contributed by atoms with van der Waals surface area (Å²) in [5.41, 5.74) is 2.28. The van der Waals surface area contributed by atoms with Crippen LogP contribution in [0.4, 0.5) is 0 Å². The molecule has 31 heavy (non-hydrogen) atoms. The van der Waals surface area contributed by atoms with Gasteiger partial charge in [0.2, 0.25) is 0 Å². The molecule has 146 valence electrons. The van der Waals surface area contributed by atoms with Crippen molar-refractivity contribution in [1.82, 2.24) is 0 Å². The van der Waals surface area contributed by atoms with Crippen LogP contribution in [0.2, 0.25) is 0 Å². The van der Waals surface area contributed by atoms with Crippen molar-refractivity contribution in [2.75, 3.05) is 0 Å². The molecule has 0 N–H and O–H groups in total. The third-order valence-electron chi connectivity index (χ3n) is 6.47. The monoisotopic (exact) mass is 432 g/mol. The van der Waals surface area contributed by atoms with Crippen molar-refractivity contribution < 1.29 is 4.57 Å². The Kier molecular flexibility index (Phi) is 3.48. The van der Waals surface area contributed by atoms with Crippen LogP contribution in [-0.4, -0.2) is 0 Å². The van der Waals surface area contributed by atoms with Gasteiger partial charge in [-0.15, -0.1) is 11.3 Å². The lowest BCUT2D eigenvalue weighted by molar-refractivity contribution is 0.593. The predicted molar refractivity (Wildman–Crippen MR) is 135 cm³/mol. The Morgan fingerprint density at radius 2 is 1.35 bits per heavy atom. The molecule has 1 aliphatic heterocycles. The Morgan fingerprint density at radius 3 is 2.23 bits per heavy atom. The van der Waals surface area contributed by atoms with Crippen LogP contribution in [0.3, 0.4) is 0 Å². The molecule has 0 bridgehead atoms. The second-order valence-electron chi connectivity index (χ2n) is 8.06. The molecular weight excluding hydrogens is 415 g/mol. The molecule has 1 atom stereocenters. The van der Waals surface area contributed by atoms with Gasteiger partial charge in [-0.05, 0) is 28.5 Å². The molecule has 3 heteroatoms. The Morgan fingerprint density at radius 1 is 0.613 bits per heavy atom. The summed E-state index contributed by atoms with van der Waals surface area (Å²) in [6.45, 7) is 0. The highest BCUT2D eigenvalue weighted by Crippen LogP contribution is 2.56. The van der Waals surface area contributed by atoms with Crippen LogP contribution in [0.25, 0.3) is 42.1 Å². The molecule has 0 fully saturated rings. The smallest absolute Gasteiger partial charge is 0.172 e. The molecule has 0 radical (unpaired) electrons. The Labute approximate surface area is 184 Å². The topological polar surface area (TPSA) is 17.1 Å². The summed E-state index contributed by atoms with van der Waals surface area (Å²) in [5.74, 6) is 0. The SMILES string of the molecule is O=P1(c2ccccc2)c2ccc3c(sc4ccccc43)c2-c2ccc3ccccc3c21. The van der Waals surface area contributed by atoms with Crippen molar-refractivity contribution in [2.45, 2.75) is 0 Å². The number of fused-ring (bicyclic) bond motifs is 9. The van der Waals surface area contributed by atoms with E-state index in [-0.39, 0.29) is 0 Å².